The molecule has 0 bridgehead atoms. The van der Waals surface area contributed by atoms with E-state index in [1.807, 2.05) is 0 Å². The highest BCUT2D eigenvalue weighted by molar-refractivity contribution is 6.40. The molecule has 0 spiro atoms. The first-order valence-corrected chi connectivity index (χ1v) is 6.73. The van der Waals surface area contributed by atoms with E-state index in [1.54, 1.807) is 0 Å². The second kappa shape index (κ2) is 8.33. The number of hydrogen-bond acceptors (Lipinski definition) is 8. The quantitative estimate of drug-likeness (QED) is 0.195. The topological polar surface area (TPSA) is 148 Å². The van der Waals surface area contributed by atoms with Crippen LogP contribution in [0.15, 0.2) is 0 Å². The van der Waals surface area contributed by atoms with Gasteiger partial charge in [0, 0.05) is 13.1 Å². The molecule has 7 N–H and O–H groups in total. The van der Waals surface area contributed by atoms with Gasteiger partial charge in [0.05, 0.1) is 5.92 Å². The van der Waals surface area contributed by atoms with Crippen LogP contribution in [-0.4, -0.2) is 54.8 Å². The number of carbonyl (C=O) groups is 2. The molecule has 0 aliphatic carbocycles. The predicted molar refractivity (Wildman–Crippen MR) is 72.2 cm³/mol. The Morgan fingerprint density at radius 3 is 2.70 bits per heavy atom. The van der Waals surface area contributed by atoms with Crippen molar-refractivity contribution in [3.05, 3.63) is 0 Å². The van der Waals surface area contributed by atoms with Gasteiger partial charge in [-0.3, -0.25) is 4.79 Å². The van der Waals surface area contributed by atoms with E-state index in [-0.39, 0.29) is 18.8 Å². The van der Waals surface area contributed by atoms with E-state index in [4.69, 9.17) is 26.3 Å². The summed E-state index contributed by atoms with van der Waals surface area (Å²) in [6, 6.07) is -0.990. The van der Waals surface area contributed by atoms with Crippen molar-refractivity contribution in [2.45, 2.75) is 25.2 Å². The molecule has 1 heterocycles. The third-order valence-corrected chi connectivity index (χ3v) is 3.44. The Bertz CT molecular complexity index is 342. The Morgan fingerprint density at radius 2 is 2.10 bits per heavy atom. The van der Waals surface area contributed by atoms with Crippen LogP contribution in [0.25, 0.3) is 0 Å². The van der Waals surface area contributed by atoms with Crippen molar-refractivity contribution >= 4 is 19.1 Å². The number of rotatable bonds is 7. The molecule has 1 aliphatic heterocycles. The Balaban J connectivity index is 2.43. The van der Waals surface area contributed by atoms with E-state index in [9.17, 15) is 9.59 Å². The normalized spacial score (nSPS) is 23.4. The molecule has 1 saturated heterocycles. The molecule has 1 rings (SSSR count). The SMILES string of the molecule is NC[C@H](N)C(=O)OC(=O)[C@@H]1CNC[C@H]1CCCB(O)O. The van der Waals surface area contributed by atoms with Crippen molar-refractivity contribution in [2.24, 2.45) is 23.3 Å². The van der Waals surface area contributed by atoms with Gasteiger partial charge in [0.25, 0.3) is 0 Å². The van der Waals surface area contributed by atoms with Gasteiger partial charge in [0.2, 0.25) is 0 Å². The Morgan fingerprint density at radius 1 is 1.40 bits per heavy atom. The van der Waals surface area contributed by atoms with Crippen molar-refractivity contribution in [1.29, 1.82) is 0 Å². The van der Waals surface area contributed by atoms with E-state index < -0.39 is 31.0 Å². The number of esters is 2. The minimum Gasteiger partial charge on any atom is -0.427 e. The van der Waals surface area contributed by atoms with Gasteiger partial charge in [0.1, 0.15) is 6.04 Å². The van der Waals surface area contributed by atoms with Crippen molar-refractivity contribution in [3.8, 4) is 0 Å². The number of carbonyl (C=O) groups excluding carboxylic acids is 2. The molecule has 3 atom stereocenters. The van der Waals surface area contributed by atoms with Gasteiger partial charge in [0.15, 0.2) is 0 Å². The van der Waals surface area contributed by atoms with Crippen LogP contribution in [0.5, 0.6) is 0 Å². The number of nitrogens with one attached hydrogen (secondary N) is 1. The number of nitrogens with two attached hydrogens (primary N) is 2. The molecule has 0 unspecified atom stereocenters. The largest absolute Gasteiger partial charge is 0.451 e. The van der Waals surface area contributed by atoms with Gasteiger partial charge < -0.3 is 31.6 Å². The molecule has 9 heteroatoms. The zero-order valence-corrected chi connectivity index (χ0v) is 11.3. The van der Waals surface area contributed by atoms with Crippen molar-refractivity contribution < 1.29 is 24.4 Å². The van der Waals surface area contributed by atoms with E-state index in [2.05, 4.69) is 5.32 Å². The standard InChI is InChI=1S/C11H22BN3O5/c13-4-9(14)11(17)20-10(16)8-6-15-5-7(8)2-1-3-12(18)19/h7-9,15,18-19H,1-6,13-14H2/t7-,8-,9+/m1/s1. The second-order valence-corrected chi connectivity index (χ2v) is 5.02. The summed E-state index contributed by atoms with van der Waals surface area (Å²) < 4.78 is 4.72. The van der Waals surface area contributed by atoms with Crippen LogP contribution >= 0.6 is 0 Å². The van der Waals surface area contributed by atoms with E-state index >= 15 is 0 Å². The highest BCUT2D eigenvalue weighted by atomic mass is 16.6. The zero-order chi connectivity index (χ0) is 15.1. The van der Waals surface area contributed by atoms with Gasteiger partial charge in [-0.2, -0.15) is 0 Å². The average molecular weight is 287 g/mol. The minimum absolute atomic E-state index is 0.0168. The Hall–Kier alpha value is -0.995. The second-order valence-electron chi connectivity index (χ2n) is 5.02. The molecular weight excluding hydrogens is 265 g/mol. The van der Waals surface area contributed by atoms with Crippen LogP contribution in [0.1, 0.15) is 12.8 Å². The molecule has 1 aliphatic rings. The molecule has 0 radical (unpaired) electrons. The van der Waals surface area contributed by atoms with Crippen molar-refractivity contribution in [3.63, 3.8) is 0 Å². The molecule has 0 aromatic rings. The highest BCUT2D eigenvalue weighted by Gasteiger charge is 2.35. The summed E-state index contributed by atoms with van der Waals surface area (Å²) in [5.41, 5.74) is 10.6. The summed E-state index contributed by atoms with van der Waals surface area (Å²) >= 11 is 0. The van der Waals surface area contributed by atoms with Gasteiger partial charge in [-0.25, -0.2) is 4.79 Å². The third kappa shape index (κ3) is 5.18. The fourth-order valence-electron chi connectivity index (χ4n) is 2.22. The van der Waals surface area contributed by atoms with E-state index in [1.165, 1.54) is 0 Å². The summed E-state index contributed by atoms with van der Waals surface area (Å²) in [6.07, 6.45) is 1.50. The zero-order valence-electron chi connectivity index (χ0n) is 11.3. The first-order valence-electron chi connectivity index (χ1n) is 6.73. The lowest BCUT2D eigenvalue weighted by atomic mass is 9.80. The molecule has 20 heavy (non-hydrogen) atoms. The first-order chi connectivity index (χ1) is 9.45. The number of hydrogen-bond donors (Lipinski definition) is 5. The average Bonchev–Trinajstić information content (AvgIpc) is 2.85. The predicted octanol–water partition coefficient (Wildman–Crippen LogP) is -2.57. The Labute approximate surface area is 118 Å². The molecule has 0 aromatic carbocycles. The lowest BCUT2D eigenvalue weighted by molar-refractivity contribution is -0.163. The van der Waals surface area contributed by atoms with Crippen molar-refractivity contribution in [1.82, 2.24) is 5.32 Å². The maximum absolute atomic E-state index is 11.9. The fourth-order valence-corrected chi connectivity index (χ4v) is 2.22. The fraction of sp³-hybridized carbons (Fsp3) is 0.818. The van der Waals surface area contributed by atoms with Crippen LogP contribution in [-0.2, 0) is 14.3 Å². The maximum atomic E-state index is 11.9. The monoisotopic (exact) mass is 287 g/mol. The summed E-state index contributed by atoms with van der Waals surface area (Å²) in [7, 11) is -1.33. The van der Waals surface area contributed by atoms with Gasteiger partial charge >= 0.3 is 19.1 Å². The summed E-state index contributed by atoms with van der Waals surface area (Å²) in [5.74, 6) is -1.81. The highest BCUT2D eigenvalue weighted by Crippen LogP contribution is 2.24. The van der Waals surface area contributed by atoms with Crippen LogP contribution in [0.2, 0.25) is 6.32 Å². The summed E-state index contributed by atoms with van der Waals surface area (Å²) in [6.45, 7) is 1.00. The smallest absolute Gasteiger partial charge is 0.427 e. The van der Waals surface area contributed by atoms with Crippen LogP contribution in [0, 0.1) is 11.8 Å². The van der Waals surface area contributed by atoms with Gasteiger partial charge in [-0.05, 0) is 25.2 Å². The Kier molecular flexibility index (Phi) is 7.10. The lowest BCUT2D eigenvalue weighted by Crippen LogP contribution is -2.41. The van der Waals surface area contributed by atoms with Crippen LogP contribution in [0.4, 0.5) is 0 Å². The van der Waals surface area contributed by atoms with Crippen LogP contribution < -0.4 is 16.8 Å². The molecule has 1 fully saturated rings. The lowest BCUT2D eigenvalue weighted by Gasteiger charge is -2.17. The molecule has 0 amide bonds. The van der Waals surface area contributed by atoms with E-state index in [0.717, 1.165) is 0 Å². The third-order valence-electron chi connectivity index (χ3n) is 3.44. The van der Waals surface area contributed by atoms with Gasteiger partial charge in [-0.15, -0.1) is 0 Å². The molecular formula is C11H22BN3O5. The number of ether oxygens (including phenoxy) is 1. The molecule has 8 nitrogen and oxygen atoms in total. The van der Waals surface area contributed by atoms with Crippen molar-refractivity contribution in [2.75, 3.05) is 19.6 Å². The van der Waals surface area contributed by atoms with Gasteiger partial charge in [-0.1, -0.05) is 6.42 Å². The minimum atomic E-state index is -1.33. The van der Waals surface area contributed by atoms with E-state index in [0.29, 0.717) is 25.9 Å². The summed E-state index contributed by atoms with van der Waals surface area (Å²) in [5, 5.41) is 20.6. The maximum Gasteiger partial charge on any atom is 0.451 e. The molecule has 0 saturated carbocycles. The summed E-state index contributed by atoms with van der Waals surface area (Å²) in [4.78, 5) is 23.3. The molecule has 0 aromatic heterocycles. The van der Waals surface area contributed by atoms with Crippen LogP contribution in [0.3, 0.4) is 0 Å². The first kappa shape index (κ1) is 17.1. The molecule has 114 valence electrons.